The first kappa shape index (κ1) is 13.9. The van der Waals surface area contributed by atoms with Gasteiger partial charge in [-0.3, -0.25) is 0 Å². The Morgan fingerprint density at radius 3 is 2.59 bits per heavy atom. The standard InChI is InChI=1S/C13H20FNO2/c1-9(16)13(2,3)15-8-10-5-6-11(17-4)7-12(10)14/h5-7,9,15-16H,8H2,1-4H3. The number of benzene rings is 1. The molecule has 2 N–H and O–H groups in total. The van der Waals surface area contributed by atoms with Crippen LogP contribution in [0.5, 0.6) is 5.75 Å². The van der Waals surface area contributed by atoms with E-state index in [0.29, 0.717) is 17.9 Å². The molecule has 1 aromatic rings. The molecule has 1 aromatic carbocycles. The van der Waals surface area contributed by atoms with E-state index in [4.69, 9.17) is 4.74 Å². The highest BCUT2D eigenvalue weighted by Gasteiger charge is 2.23. The molecule has 0 saturated heterocycles. The van der Waals surface area contributed by atoms with E-state index in [1.54, 1.807) is 19.1 Å². The van der Waals surface area contributed by atoms with Crippen molar-refractivity contribution in [2.75, 3.05) is 7.11 Å². The normalized spacial score (nSPS) is 13.5. The van der Waals surface area contributed by atoms with E-state index in [1.807, 2.05) is 13.8 Å². The first-order valence-corrected chi connectivity index (χ1v) is 5.62. The van der Waals surface area contributed by atoms with Crippen LogP contribution in [0.1, 0.15) is 26.3 Å². The van der Waals surface area contributed by atoms with Crippen molar-refractivity contribution in [1.82, 2.24) is 5.32 Å². The minimum absolute atomic E-state index is 0.307. The second-order valence-corrected chi connectivity index (χ2v) is 4.71. The number of hydrogen-bond acceptors (Lipinski definition) is 3. The van der Waals surface area contributed by atoms with Crippen LogP contribution in [0.25, 0.3) is 0 Å². The predicted octanol–water partition coefficient (Wildman–Crippen LogP) is 2.08. The van der Waals surface area contributed by atoms with Gasteiger partial charge in [0.1, 0.15) is 11.6 Å². The topological polar surface area (TPSA) is 41.5 Å². The van der Waals surface area contributed by atoms with Crippen LogP contribution < -0.4 is 10.1 Å². The van der Waals surface area contributed by atoms with E-state index in [1.165, 1.54) is 13.2 Å². The summed E-state index contributed by atoms with van der Waals surface area (Å²) in [5.74, 6) is 0.194. The van der Waals surface area contributed by atoms with E-state index in [9.17, 15) is 9.50 Å². The molecule has 96 valence electrons. The number of methoxy groups -OCH3 is 1. The summed E-state index contributed by atoms with van der Waals surface area (Å²) in [5, 5.41) is 12.7. The highest BCUT2D eigenvalue weighted by atomic mass is 19.1. The number of ether oxygens (including phenoxy) is 1. The van der Waals surface area contributed by atoms with E-state index in [0.717, 1.165) is 0 Å². The minimum atomic E-state index is -0.510. The summed E-state index contributed by atoms with van der Waals surface area (Å²) < 4.78 is 18.6. The highest BCUT2D eigenvalue weighted by molar-refractivity contribution is 5.28. The fourth-order valence-corrected chi connectivity index (χ4v) is 1.27. The average Bonchev–Trinajstić information content (AvgIpc) is 2.27. The first-order valence-electron chi connectivity index (χ1n) is 5.62. The largest absolute Gasteiger partial charge is 0.497 e. The lowest BCUT2D eigenvalue weighted by Crippen LogP contribution is -2.47. The van der Waals surface area contributed by atoms with Crippen molar-refractivity contribution in [1.29, 1.82) is 0 Å². The van der Waals surface area contributed by atoms with Crippen molar-refractivity contribution in [2.24, 2.45) is 0 Å². The maximum atomic E-state index is 13.6. The molecule has 3 nitrogen and oxygen atoms in total. The van der Waals surface area contributed by atoms with E-state index >= 15 is 0 Å². The molecule has 0 radical (unpaired) electrons. The highest BCUT2D eigenvalue weighted by Crippen LogP contribution is 2.17. The quantitative estimate of drug-likeness (QED) is 0.829. The number of rotatable bonds is 5. The van der Waals surface area contributed by atoms with Crippen molar-refractivity contribution in [3.63, 3.8) is 0 Å². The van der Waals surface area contributed by atoms with E-state index in [2.05, 4.69) is 5.32 Å². The first-order chi connectivity index (χ1) is 7.86. The molecular formula is C13H20FNO2. The van der Waals surface area contributed by atoms with Gasteiger partial charge < -0.3 is 15.2 Å². The van der Waals surface area contributed by atoms with Gasteiger partial charge in [-0.15, -0.1) is 0 Å². The van der Waals surface area contributed by atoms with Crippen LogP contribution in [0.3, 0.4) is 0 Å². The van der Waals surface area contributed by atoms with Crippen LogP contribution in [0.15, 0.2) is 18.2 Å². The van der Waals surface area contributed by atoms with Gasteiger partial charge in [0.2, 0.25) is 0 Å². The molecule has 17 heavy (non-hydrogen) atoms. The van der Waals surface area contributed by atoms with Crippen LogP contribution in [0.2, 0.25) is 0 Å². The molecule has 0 amide bonds. The number of aliphatic hydroxyl groups excluding tert-OH is 1. The number of aliphatic hydroxyl groups is 1. The Morgan fingerprint density at radius 2 is 2.12 bits per heavy atom. The molecule has 0 aromatic heterocycles. The molecule has 1 atom stereocenters. The molecule has 0 aliphatic heterocycles. The van der Waals surface area contributed by atoms with E-state index in [-0.39, 0.29) is 5.82 Å². The van der Waals surface area contributed by atoms with Gasteiger partial charge in [-0.05, 0) is 26.8 Å². The van der Waals surface area contributed by atoms with Crippen molar-refractivity contribution in [2.45, 2.75) is 39.0 Å². The van der Waals surface area contributed by atoms with Gasteiger partial charge >= 0.3 is 0 Å². The summed E-state index contributed by atoms with van der Waals surface area (Å²) in [7, 11) is 1.50. The molecular weight excluding hydrogens is 221 g/mol. The zero-order valence-corrected chi connectivity index (χ0v) is 10.7. The Balaban J connectivity index is 2.70. The van der Waals surface area contributed by atoms with Crippen molar-refractivity contribution >= 4 is 0 Å². The Bertz CT molecular complexity index is 378. The van der Waals surface area contributed by atoms with Crippen LogP contribution in [-0.4, -0.2) is 23.9 Å². The van der Waals surface area contributed by atoms with E-state index < -0.39 is 11.6 Å². The van der Waals surface area contributed by atoms with Gasteiger partial charge in [-0.2, -0.15) is 0 Å². The predicted molar refractivity (Wildman–Crippen MR) is 65.6 cm³/mol. The summed E-state index contributed by atoms with van der Waals surface area (Å²) in [6.45, 7) is 5.82. The van der Waals surface area contributed by atoms with Crippen molar-refractivity contribution in [3.05, 3.63) is 29.6 Å². The summed E-state index contributed by atoms with van der Waals surface area (Å²) in [4.78, 5) is 0. The van der Waals surface area contributed by atoms with Gasteiger partial charge in [0.25, 0.3) is 0 Å². The number of halogens is 1. The Kier molecular flexibility index (Phi) is 4.48. The molecule has 0 bridgehead atoms. The molecule has 4 heteroatoms. The summed E-state index contributed by atoms with van der Waals surface area (Å²) >= 11 is 0. The smallest absolute Gasteiger partial charge is 0.131 e. The third kappa shape index (κ3) is 3.68. The third-order valence-corrected chi connectivity index (χ3v) is 3.04. The molecule has 0 heterocycles. The molecule has 0 spiro atoms. The summed E-state index contributed by atoms with van der Waals surface area (Å²) in [6.07, 6.45) is -0.510. The third-order valence-electron chi connectivity index (χ3n) is 3.04. The lowest BCUT2D eigenvalue weighted by molar-refractivity contribution is 0.0954. The lowest BCUT2D eigenvalue weighted by atomic mass is 9.98. The van der Waals surface area contributed by atoms with Gasteiger partial charge in [0.15, 0.2) is 0 Å². The van der Waals surface area contributed by atoms with Gasteiger partial charge in [0.05, 0.1) is 13.2 Å². The summed E-state index contributed by atoms with van der Waals surface area (Å²) in [5.41, 5.74) is 0.103. The fraction of sp³-hybridized carbons (Fsp3) is 0.538. The zero-order chi connectivity index (χ0) is 13.1. The van der Waals surface area contributed by atoms with Crippen molar-refractivity contribution < 1.29 is 14.2 Å². The number of nitrogens with one attached hydrogen (secondary N) is 1. The molecule has 0 aliphatic rings. The van der Waals surface area contributed by atoms with Crippen LogP contribution >= 0.6 is 0 Å². The Labute approximate surface area is 102 Å². The molecule has 0 fully saturated rings. The fourth-order valence-electron chi connectivity index (χ4n) is 1.27. The molecule has 0 aliphatic carbocycles. The SMILES string of the molecule is COc1ccc(CNC(C)(C)C(C)O)c(F)c1. The molecule has 1 unspecified atom stereocenters. The maximum absolute atomic E-state index is 13.6. The van der Waals surface area contributed by atoms with Gasteiger partial charge in [-0.1, -0.05) is 6.07 Å². The Hall–Kier alpha value is -1.13. The van der Waals surface area contributed by atoms with Crippen molar-refractivity contribution in [3.8, 4) is 5.75 Å². The van der Waals surface area contributed by atoms with Crippen LogP contribution in [0, 0.1) is 5.82 Å². The molecule has 1 rings (SSSR count). The van der Waals surface area contributed by atoms with Gasteiger partial charge in [0, 0.05) is 23.7 Å². The van der Waals surface area contributed by atoms with Crippen LogP contribution in [0.4, 0.5) is 4.39 Å². The zero-order valence-electron chi connectivity index (χ0n) is 10.7. The van der Waals surface area contributed by atoms with Gasteiger partial charge in [-0.25, -0.2) is 4.39 Å². The second kappa shape index (κ2) is 5.47. The van der Waals surface area contributed by atoms with Crippen LogP contribution in [-0.2, 0) is 6.54 Å². The maximum Gasteiger partial charge on any atom is 0.131 e. The minimum Gasteiger partial charge on any atom is -0.497 e. The number of hydrogen-bond donors (Lipinski definition) is 2. The Morgan fingerprint density at radius 1 is 1.47 bits per heavy atom. The average molecular weight is 241 g/mol. The monoisotopic (exact) mass is 241 g/mol. The summed E-state index contributed by atoms with van der Waals surface area (Å²) in [6, 6.07) is 4.75. The lowest BCUT2D eigenvalue weighted by Gasteiger charge is -2.29. The molecule has 0 saturated carbocycles. The second-order valence-electron chi connectivity index (χ2n) is 4.71.